The Hall–Kier alpha value is -0.850. The van der Waals surface area contributed by atoms with Crippen LogP contribution in [0.15, 0.2) is 4.99 Å². The van der Waals surface area contributed by atoms with Crippen molar-refractivity contribution in [2.24, 2.45) is 10.9 Å². The maximum absolute atomic E-state index is 6.32. The lowest BCUT2D eigenvalue weighted by molar-refractivity contribution is 0.000681. The summed E-state index contributed by atoms with van der Waals surface area (Å²) in [5.41, 5.74) is 0.260. The zero-order chi connectivity index (χ0) is 22.2. The summed E-state index contributed by atoms with van der Waals surface area (Å²) in [5, 5.41) is 3.62. The molecule has 0 radical (unpaired) electrons. The third-order valence-electron chi connectivity index (χ3n) is 8.59. The predicted molar refractivity (Wildman–Crippen MR) is 133 cm³/mol. The van der Waals surface area contributed by atoms with Gasteiger partial charge >= 0.3 is 0 Å². The summed E-state index contributed by atoms with van der Waals surface area (Å²) >= 11 is 0. The normalized spacial score (nSPS) is 27.2. The standard InChI is InChI=1S/C26H49N5O/c1-3-27-25(30-17-11-24(12-18-30)32-21-23-9-5-6-10-23)28-22-26(13-19-29(2)20-14-26)31-15-7-4-8-16-31/h23-24H,3-22H2,1-2H3,(H,27,28). The number of guanidine groups is 1. The Morgan fingerprint density at radius 1 is 0.906 bits per heavy atom. The Morgan fingerprint density at radius 2 is 1.59 bits per heavy atom. The van der Waals surface area contributed by atoms with Gasteiger partial charge in [0.05, 0.1) is 12.6 Å². The van der Waals surface area contributed by atoms with E-state index in [-0.39, 0.29) is 5.54 Å². The molecule has 0 aromatic carbocycles. The van der Waals surface area contributed by atoms with E-state index in [4.69, 9.17) is 9.73 Å². The molecule has 6 nitrogen and oxygen atoms in total. The van der Waals surface area contributed by atoms with Crippen molar-refractivity contribution in [1.82, 2.24) is 20.0 Å². The first-order valence-corrected chi connectivity index (χ1v) is 13.8. The van der Waals surface area contributed by atoms with Crippen molar-refractivity contribution in [3.05, 3.63) is 0 Å². The largest absolute Gasteiger partial charge is 0.378 e. The van der Waals surface area contributed by atoms with E-state index in [0.29, 0.717) is 6.10 Å². The molecule has 0 amide bonds. The predicted octanol–water partition coefficient (Wildman–Crippen LogP) is 3.57. The minimum Gasteiger partial charge on any atom is -0.378 e. The Labute approximate surface area is 197 Å². The van der Waals surface area contributed by atoms with Gasteiger partial charge in [0.15, 0.2) is 5.96 Å². The molecule has 3 heterocycles. The van der Waals surface area contributed by atoms with Crippen molar-refractivity contribution in [2.75, 3.05) is 66.0 Å². The van der Waals surface area contributed by atoms with Crippen molar-refractivity contribution in [2.45, 2.75) is 89.2 Å². The maximum Gasteiger partial charge on any atom is 0.193 e. The highest BCUT2D eigenvalue weighted by Gasteiger charge is 2.39. The van der Waals surface area contributed by atoms with E-state index in [9.17, 15) is 0 Å². The van der Waals surface area contributed by atoms with Crippen LogP contribution >= 0.6 is 0 Å². The third kappa shape index (κ3) is 6.38. The van der Waals surface area contributed by atoms with Gasteiger partial charge in [0.25, 0.3) is 0 Å². The van der Waals surface area contributed by atoms with Crippen molar-refractivity contribution < 1.29 is 4.74 Å². The number of nitrogens with one attached hydrogen (secondary N) is 1. The molecule has 1 saturated carbocycles. The number of aliphatic imine (C=N–C) groups is 1. The second-order valence-electron chi connectivity index (χ2n) is 10.9. The van der Waals surface area contributed by atoms with Crippen LogP contribution in [-0.4, -0.2) is 98.3 Å². The van der Waals surface area contributed by atoms with Gasteiger partial charge in [-0.3, -0.25) is 9.89 Å². The van der Waals surface area contributed by atoms with Crippen molar-refractivity contribution >= 4 is 5.96 Å². The van der Waals surface area contributed by atoms with Crippen molar-refractivity contribution in [3.8, 4) is 0 Å². The summed E-state index contributed by atoms with van der Waals surface area (Å²) in [6.45, 7) is 12.1. The highest BCUT2D eigenvalue weighted by Crippen LogP contribution is 2.32. The minimum atomic E-state index is 0.260. The summed E-state index contributed by atoms with van der Waals surface area (Å²) in [4.78, 5) is 13.1. The quantitative estimate of drug-likeness (QED) is 0.477. The van der Waals surface area contributed by atoms with E-state index in [1.54, 1.807) is 0 Å². The van der Waals surface area contributed by atoms with Crippen LogP contribution in [-0.2, 0) is 4.74 Å². The molecule has 0 atom stereocenters. The first kappa shape index (κ1) is 24.3. The van der Waals surface area contributed by atoms with Crippen LogP contribution in [0.2, 0.25) is 0 Å². The lowest BCUT2D eigenvalue weighted by Gasteiger charge is -2.49. The van der Waals surface area contributed by atoms with Crippen LogP contribution in [0.1, 0.15) is 77.6 Å². The van der Waals surface area contributed by atoms with E-state index < -0.39 is 0 Å². The van der Waals surface area contributed by atoms with Gasteiger partial charge in [-0.25, -0.2) is 0 Å². The molecule has 3 aliphatic heterocycles. The minimum absolute atomic E-state index is 0.260. The Bertz CT molecular complexity index is 569. The maximum atomic E-state index is 6.32. The smallest absolute Gasteiger partial charge is 0.193 e. The Balaban J connectivity index is 1.34. The molecule has 0 spiro atoms. The van der Waals surface area contributed by atoms with E-state index >= 15 is 0 Å². The molecule has 0 aromatic rings. The van der Waals surface area contributed by atoms with Gasteiger partial charge in [0.1, 0.15) is 0 Å². The third-order valence-corrected chi connectivity index (χ3v) is 8.59. The molecule has 4 aliphatic rings. The first-order chi connectivity index (χ1) is 15.7. The van der Waals surface area contributed by atoms with Gasteiger partial charge in [-0.2, -0.15) is 0 Å². The Morgan fingerprint density at radius 3 is 2.25 bits per heavy atom. The molecule has 0 aromatic heterocycles. The summed E-state index contributed by atoms with van der Waals surface area (Å²) in [6, 6.07) is 0. The van der Waals surface area contributed by atoms with Crippen LogP contribution in [0.25, 0.3) is 0 Å². The fraction of sp³-hybridized carbons (Fsp3) is 0.962. The number of piperidine rings is 3. The summed E-state index contributed by atoms with van der Waals surface area (Å²) < 4.78 is 6.32. The molecule has 0 unspecified atom stereocenters. The van der Waals surface area contributed by atoms with Gasteiger partial charge in [0.2, 0.25) is 0 Å². The topological polar surface area (TPSA) is 43.3 Å². The van der Waals surface area contributed by atoms with Gasteiger partial charge in [-0.15, -0.1) is 0 Å². The van der Waals surface area contributed by atoms with Crippen LogP contribution < -0.4 is 5.32 Å². The van der Waals surface area contributed by atoms with Crippen LogP contribution in [0.4, 0.5) is 0 Å². The van der Waals surface area contributed by atoms with Crippen LogP contribution in [0, 0.1) is 5.92 Å². The van der Waals surface area contributed by atoms with Crippen molar-refractivity contribution in [3.63, 3.8) is 0 Å². The van der Waals surface area contributed by atoms with Gasteiger partial charge in [-0.05, 0) is 97.4 Å². The summed E-state index contributed by atoms with van der Waals surface area (Å²) in [7, 11) is 2.27. The number of hydrogen-bond donors (Lipinski definition) is 1. The molecule has 6 heteroatoms. The Kier molecular flexibility index (Phi) is 9.13. The molecule has 184 valence electrons. The second kappa shape index (κ2) is 12.0. The lowest BCUT2D eigenvalue weighted by atomic mass is 9.84. The highest BCUT2D eigenvalue weighted by molar-refractivity contribution is 5.80. The average molecular weight is 448 g/mol. The molecule has 0 bridgehead atoms. The van der Waals surface area contributed by atoms with Gasteiger partial charge in [-0.1, -0.05) is 19.3 Å². The molecular weight excluding hydrogens is 398 g/mol. The molecule has 32 heavy (non-hydrogen) atoms. The number of rotatable bonds is 7. The summed E-state index contributed by atoms with van der Waals surface area (Å²) in [5.74, 6) is 1.96. The molecule has 1 N–H and O–H groups in total. The molecule has 3 saturated heterocycles. The molecule has 1 aliphatic carbocycles. The average Bonchev–Trinajstić information content (AvgIpc) is 3.36. The van der Waals surface area contributed by atoms with Gasteiger partial charge in [0, 0.05) is 31.8 Å². The number of ether oxygens (including phenoxy) is 1. The molecular formula is C26H49N5O. The SMILES string of the molecule is CCNC(=NCC1(N2CCCCC2)CCN(C)CC1)N1CCC(OCC2CCCC2)CC1. The van der Waals surface area contributed by atoms with E-state index in [1.807, 2.05) is 0 Å². The number of nitrogens with zero attached hydrogens (tertiary/aromatic N) is 4. The second-order valence-corrected chi connectivity index (χ2v) is 10.9. The van der Waals surface area contributed by atoms with Crippen LogP contribution in [0.3, 0.4) is 0 Å². The fourth-order valence-electron chi connectivity index (χ4n) is 6.31. The van der Waals surface area contributed by atoms with E-state index in [0.717, 1.165) is 57.5 Å². The van der Waals surface area contributed by atoms with Crippen LogP contribution in [0.5, 0.6) is 0 Å². The summed E-state index contributed by atoms with van der Waals surface area (Å²) in [6.07, 6.45) is 14.9. The van der Waals surface area contributed by atoms with E-state index in [2.05, 4.69) is 34.0 Å². The highest BCUT2D eigenvalue weighted by atomic mass is 16.5. The number of likely N-dealkylation sites (tertiary alicyclic amines) is 3. The molecule has 4 rings (SSSR count). The molecule has 4 fully saturated rings. The van der Waals surface area contributed by atoms with Crippen molar-refractivity contribution in [1.29, 1.82) is 0 Å². The zero-order valence-electron chi connectivity index (χ0n) is 21.0. The van der Waals surface area contributed by atoms with E-state index in [1.165, 1.54) is 84.0 Å². The van der Waals surface area contributed by atoms with Gasteiger partial charge < -0.3 is 19.9 Å². The number of hydrogen-bond acceptors (Lipinski definition) is 4. The monoisotopic (exact) mass is 447 g/mol. The first-order valence-electron chi connectivity index (χ1n) is 13.8. The lowest BCUT2D eigenvalue weighted by Crippen LogP contribution is -2.58. The zero-order valence-corrected chi connectivity index (χ0v) is 21.0. The fourth-order valence-corrected chi connectivity index (χ4v) is 6.31.